The van der Waals surface area contributed by atoms with Gasteiger partial charge in [-0.15, -0.1) is 4.59 Å². The van der Waals surface area contributed by atoms with E-state index in [2.05, 4.69) is 25.8 Å². The lowest BCUT2D eigenvalue weighted by molar-refractivity contribution is -0.746. The number of aliphatic imine (C=N–C) groups is 2. The van der Waals surface area contributed by atoms with Crippen molar-refractivity contribution in [2.24, 2.45) is 21.7 Å². The zero-order valence-electron chi connectivity index (χ0n) is 11.8. The van der Waals surface area contributed by atoms with Gasteiger partial charge in [0.2, 0.25) is 5.70 Å². The summed E-state index contributed by atoms with van der Waals surface area (Å²) in [7, 11) is 0. The third kappa shape index (κ3) is 2.15. The Bertz CT molecular complexity index is 584. The Hall–Kier alpha value is -0.860. The molecule has 7 heteroatoms. The first kappa shape index (κ1) is 13.8. The number of rotatable bonds is 1. The highest BCUT2D eigenvalue weighted by Crippen LogP contribution is 2.38. The number of ether oxygens (including phenoxy) is 1. The van der Waals surface area contributed by atoms with E-state index in [0.717, 1.165) is 55.3 Å². The maximum atomic E-state index is 6.43. The average Bonchev–Trinajstić information content (AvgIpc) is 2.79. The van der Waals surface area contributed by atoms with Crippen molar-refractivity contribution in [1.29, 1.82) is 0 Å². The van der Waals surface area contributed by atoms with Gasteiger partial charge in [0.1, 0.15) is 11.9 Å². The second-order valence-corrected chi connectivity index (χ2v) is 6.71. The predicted molar refractivity (Wildman–Crippen MR) is 84.4 cm³/mol. The van der Waals surface area contributed by atoms with Gasteiger partial charge in [0.05, 0.1) is 25.6 Å². The first-order valence-electron chi connectivity index (χ1n) is 7.38. The molecule has 0 aromatic rings. The standard InChI is InChI=1S/C14H19BrN5O/c15-14-18-13(12-7-17-3-5-20(12,14)16)10-1-2-11-9-21-6-4-19(11)8-10/h3,5,7,10-11H,1-2,4,6,8-9,16H2/q+1/t10-,11+,20?/m1/s1. The molecule has 0 aromatic heterocycles. The molecule has 0 amide bonds. The molecule has 3 atom stereocenters. The second-order valence-electron chi connectivity index (χ2n) is 6.00. The summed E-state index contributed by atoms with van der Waals surface area (Å²) in [5, 5.41) is 0. The van der Waals surface area contributed by atoms with Gasteiger partial charge in [0.25, 0.3) is 0 Å². The van der Waals surface area contributed by atoms with Crippen LogP contribution in [0.5, 0.6) is 0 Å². The Kier molecular flexibility index (Phi) is 3.35. The van der Waals surface area contributed by atoms with E-state index in [0.29, 0.717) is 12.0 Å². The van der Waals surface area contributed by atoms with E-state index < -0.39 is 0 Å². The van der Waals surface area contributed by atoms with Crippen LogP contribution in [-0.2, 0) is 4.74 Å². The van der Waals surface area contributed by atoms with E-state index in [1.807, 2.05) is 12.4 Å². The quantitative estimate of drug-likeness (QED) is 0.439. The number of nitrogens with two attached hydrogens (primary N) is 1. The van der Waals surface area contributed by atoms with E-state index in [4.69, 9.17) is 15.6 Å². The molecule has 1 unspecified atom stereocenters. The summed E-state index contributed by atoms with van der Waals surface area (Å²) < 4.78 is 6.42. The van der Waals surface area contributed by atoms with Crippen LogP contribution in [0.4, 0.5) is 0 Å². The van der Waals surface area contributed by atoms with Crippen LogP contribution in [-0.4, -0.2) is 52.8 Å². The third-order valence-corrected chi connectivity index (χ3v) is 5.57. The zero-order valence-corrected chi connectivity index (χ0v) is 13.4. The molecular weight excluding hydrogens is 334 g/mol. The van der Waals surface area contributed by atoms with Crippen molar-refractivity contribution in [3.8, 4) is 0 Å². The Morgan fingerprint density at radius 1 is 1.43 bits per heavy atom. The molecule has 0 spiro atoms. The zero-order chi connectivity index (χ0) is 14.4. The van der Waals surface area contributed by atoms with Crippen molar-refractivity contribution in [2.75, 3.05) is 26.3 Å². The van der Waals surface area contributed by atoms with E-state index >= 15 is 0 Å². The fraction of sp³-hybridized carbons (Fsp3) is 0.571. The number of allylic oxidation sites excluding steroid dienone is 1. The number of amidine groups is 1. The summed E-state index contributed by atoms with van der Waals surface area (Å²) in [5.41, 5.74) is 2.07. The molecule has 2 N–H and O–H groups in total. The van der Waals surface area contributed by atoms with Gasteiger partial charge in [-0.25, -0.2) is 0 Å². The van der Waals surface area contributed by atoms with E-state index in [9.17, 15) is 0 Å². The van der Waals surface area contributed by atoms with Crippen LogP contribution in [0.15, 0.2) is 33.8 Å². The number of halogens is 1. The summed E-state index contributed by atoms with van der Waals surface area (Å²) in [5.74, 6) is 6.85. The second kappa shape index (κ2) is 5.10. The number of nitrogens with zero attached hydrogens (tertiary/aromatic N) is 4. The molecule has 6 nitrogen and oxygen atoms in total. The molecule has 0 aliphatic carbocycles. The maximum Gasteiger partial charge on any atom is 0.301 e. The highest BCUT2D eigenvalue weighted by Gasteiger charge is 2.45. The van der Waals surface area contributed by atoms with Gasteiger partial charge >= 0.3 is 4.74 Å². The Balaban J connectivity index is 1.63. The minimum Gasteiger partial charge on any atom is -0.378 e. The number of hydrogen-bond acceptors (Lipinski definition) is 5. The molecular formula is C14H19BrN5O+. The van der Waals surface area contributed by atoms with Crippen LogP contribution in [0.1, 0.15) is 12.8 Å². The van der Waals surface area contributed by atoms with Crippen LogP contribution in [0, 0.1) is 5.92 Å². The van der Waals surface area contributed by atoms with Crippen molar-refractivity contribution in [3.63, 3.8) is 0 Å². The fourth-order valence-electron chi connectivity index (χ4n) is 3.58. The molecule has 4 aliphatic rings. The number of piperidine rings is 1. The number of quaternary nitrogens is 1. The smallest absolute Gasteiger partial charge is 0.301 e. The van der Waals surface area contributed by atoms with E-state index in [-0.39, 0.29) is 4.59 Å². The van der Waals surface area contributed by atoms with E-state index in [1.54, 1.807) is 6.20 Å². The largest absolute Gasteiger partial charge is 0.378 e. The van der Waals surface area contributed by atoms with Gasteiger partial charge in [-0.1, -0.05) is 0 Å². The third-order valence-electron chi connectivity index (χ3n) is 4.80. The molecule has 2 saturated heterocycles. The topological polar surface area (TPSA) is 63.2 Å². The van der Waals surface area contributed by atoms with Crippen molar-refractivity contribution in [2.45, 2.75) is 18.9 Å². The van der Waals surface area contributed by atoms with Crippen molar-refractivity contribution < 1.29 is 9.33 Å². The van der Waals surface area contributed by atoms with Crippen LogP contribution < -0.4 is 5.84 Å². The average molecular weight is 353 g/mol. The lowest BCUT2D eigenvalue weighted by Gasteiger charge is -2.42. The molecule has 4 rings (SSSR count). The summed E-state index contributed by atoms with van der Waals surface area (Å²) in [6.07, 6.45) is 7.72. The lowest BCUT2D eigenvalue weighted by Crippen LogP contribution is -2.52. The lowest BCUT2D eigenvalue weighted by atomic mass is 9.89. The summed E-state index contributed by atoms with van der Waals surface area (Å²) in [4.78, 5) is 11.5. The minimum absolute atomic E-state index is 0.113. The molecule has 4 heterocycles. The van der Waals surface area contributed by atoms with Crippen LogP contribution >= 0.6 is 15.9 Å². The molecule has 21 heavy (non-hydrogen) atoms. The van der Waals surface area contributed by atoms with Gasteiger partial charge in [-0.3, -0.25) is 9.89 Å². The van der Waals surface area contributed by atoms with Crippen LogP contribution in [0.3, 0.4) is 0 Å². The fourth-order valence-corrected chi connectivity index (χ4v) is 4.08. The minimum atomic E-state index is 0.113. The molecule has 0 saturated carbocycles. The van der Waals surface area contributed by atoms with E-state index in [1.165, 1.54) is 0 Å². The van der Waals surface area contributed by atoms with Gasteiger partial charge in [-0.05, 0) is 12.8 Å². The number of fused-ring (bicyclic) bond motifs is 2. The monoisotopic (exact) mass is 352 g/mol. The highest BCUT2D eigenvalue weighted by atomic mass is 79.9. The van der Waals surface area contributed by atoms with Gasteiger partial charge in [-0.2, -0.15) is 10.8 Å². The van der Waals surface area contributed by atoms with Crippen molar-refractivity contribution in [3.05, 3.63) is 23.8 Å². The number of hydrogen-bond donors (Lipinski definition) is 1. The molecule has 0 radical (unpaired) electrons. The molecule has 2 fully saturated rings. The number of morpholine rings is 1. The Morgan fingerprint density at radius 2 is 2.33 bits per heavy atom. The Labute approximate surface area is 132 Å². The van der Waals surface area contributed by atoms with Gasteiger partial charge < -0.3 is 4.74 Å². The first-order valence-corrected chi connectivity index (χ1v) is 8.17. The molecule has 112 valence electrons. The van der Waals surface area contributed by atoms with Gasteiger partial charge in [0.15, 0.2) is 0 Å². The highest BCUT2D eigenvalue weighted by molar-refractivity contribution is 9.18. The summed E-state index contributed by atoms with van der Waals surface area (Å²) in [6, 6.07) is 0.575. The van der Waals surface area contributed by atoms with Crippen LogP contribution in [0.25, 0.3) is 0 Å². The van der Waals surface area contributed by atoms with Crippen molar-refractivity contribution in [1.82, 2.24) is 4.90 Å². The predicted octanol–water partition coefficient (Wildman–Crippen LogP) is 1.32. The molecule has 0 bridgehead atoms. The van der Waals surface area contributed by atoms with Gasteiger partial charge in [0, 0.05) is 41.0 Å². The maximum absolute atomic E-state index is 6.43. The first-order chi connectivity index (χ1) is 10.2. The Morgan fingerprint density at radius 3 is 3.24 bits per heavy atom. The van der Waals surface area contributed by atoms with Crippen LogP contribution in [0.2, 0.25) is 0 Å². The molecule has 4 aliphatic heterocycles. The molecule has 0 aromatic carbocycles. The van der Waals surface area contributed by atoms with Crippen molar-refractivity contribution >= 4 is 26.9 Å². The normalized spacial score (nSPS) is 39.2. The summed E-state index contributed by atoms with van der Waals surface area (Å²) >= 11 is 3.52. The summed E-state index contributed by atoms with van der Waals surface area (Å²) in [6.45, 7) is 3.76. The SMILES string of the molecule is N[N+]12C=CN=CC1=C([C@@H]1CC[C@H]3COCCN3C1)N=C2Br.